The molecule has 0 bridgehead atoms. The topological polar surface area (TPSA) is 48.1 Å². The third kappa shape index (κ3) is 4.53. The van der Waals surface area contributed by atoms with E-state index in [1.165, 1.54) is 0 Å². The maximum atomic E-state index is 12.4. The van der Waals surface area contributed by atoms with Gasteiger partial charge in [-0.15, -0.1) is 12.4 Å². The highest BCUT2D eigenvalue weighted by molar-refractivity contribution is 5.85. The second kappa shape index (κ2) is 8.29. The zero-order valence-corrected chi connectivity index (χ0v) is 13.4. The molecule has 3 fully saturated rings. The molecular formula is C14H27ClN4O2. The van der Waals surface area contributed by atoms with Crippen molar-refractivity contribution in [2.24, 2.45) is 0 Å². The minimum absolute atomic E-state index is 0. The second-order valence-corrected chi connectivity index (χ2v) is 5.96. The van der Waals surface area contributed by atoms with Crippen LogP contribution in [0.1, 0.15) is 6.42 Å². The number of hydrogen-bond donors (Lipinski definition) is 1. The molecule has 0 aromatic carbocycles. The van der Waals surface area contributed by atoms with Gasteiger partial charge in [0.1, 0.15) is 0 Å². The van der Waals surface area contributed by atoms with E-state index in [9.17, 15) is 4.79 Å². The van der Waals surface area contributed by atoms with Crippen LogP contribution in [-0.4, -0.2) is 98.8 Å². The van der Waals surface area contributed by atoms with Gasteiger partial charge in [0.15, 0.2) is 0 Å². The summed E-state index contributed by atoms with van der Waals surface area (Å²) in [6.07, 6.45) is 1.13. The fourth-order valence-corrected chi connectivity index (χ4v) is 3.36. The monoisotopic (exact) mass is 318 g/mol. The lowest BCUT2D eigenvalue weighted by atomic mass is 10.2. The first-order valence-electron chi connectivity index (χ1n) is 7.85. The highest BCUT2D eigenvalue weighted by Gasteiger charge is 2.31. The molecule has 1 N–H and O–H groups in total. The molecule has 1 unspecified atom stereocenters. The number of piperazine rings is 1. The van der Waals surface area contributed by atoms with Crippen molar-refractivity contribution in [1.29, 1.82) is 0 Å². The number of ether oxygens (including phenoxy) is 1. The number of nitrogens with one attached hydrogen (secondary N) is 1. The Balaban J connectivity index is 0.00000161. The Morgan fingerprint density at radius 1 is 1.10 bits per heavy atom. The second-order valence-electron chi connectivity index (χ2n) is 5.96. The third-order valence-corrected chi connectivity index (χ3v) is 4.65. The number of rotatable bonds is 3. The summed E-state index contributed by atoms with van der Waals surface area (Å²) >= 11 is 0. The SMILES string of the molecule is Cl.O=C(CN1CCOCC1)N1CCC(N2CCNCC2)C1. The average molecular weight is 319 g/mol. The van der Waals surface area contributed by atoms with Crippen LogP contribution in [0.5, 0.6) is 0 Å². The first-order valence-corrected chi connectivity index (χ1v) is 7.85. The fraction of sp³-hybridized carbons (Fsp3) is 0.929. The van der Waals surface area contributed by atoms with Gasteiger partial charge in [-0.25, -0.2) is 0 Å². The molecule has 6 nitrogen and oxygen atoms in total. The van der Waals surface area contributed by atoms with Gasteiger partial charge in [-0.3, -0.25) is 14.6 Å². The van der Waals surface area contributed by atoms with E-state index in [0.29, 0.717) is 18.5 Å². The van der Waals surface area contributed by atoms with Crippen LogP contribution in [0, 0.1) is 0 Å². The van der Waals surface area contributed by atoms with Gasteiger partial charge < -0.3 is 15.0 Å². The predicted octanol–water partition coefficient (Wildman–Crippen LogP) is -0.753. The van der Waals surface area contributed by atoms with Crippen molar-refractivity contribution in [3.05, 3.63) is 0 Å². The van der Waals surface area contributed by atoms with E-state index in [-0.39, 0.29) is 12.4 Å². The van der Waals surface area contributed by atoms with E-state index in [4.69, 9.17) is 4.74 Å². The van der Waals surface area contributed by atoms with Gasteiger partial charge in [-0.2, -0.15) is 0 Å². The molecule has 0 radical (unpaired) electrons. The predicted molar refractivity (Wildman–Crippen MR) is 83.9 cm³/mol. The molecule has 3 rings (SSSR count). The molecule has 0 saturated carbocycles. The summed E-state index contributed by atoms with van der Waals surface area (Å²) in [6.45, 7) is 10.1. The van der Waals surface area contributed by atoms with Crippen LogP contribution in [0.25, 0.3) is 0 Å². The molecule has 1 atom stereocenters. The first kappa shape index (κ1) is 17.0. The number of nitrogens with zero attached hydrogens (tertiary/aromatic N) is 3. The minimum Gasteiger partial charge on any atom is -0.379 e. The quantitative estimate of drug-likeness (QED) is 0.742. The average Bonchev–Trinajstić information content (AvgIpc) is 2.99. The summed E-state index contributed by atoms with van der Waals surface area (Å²) in [7, 11) is 0. The molecule has 0 spiro atoms. The van der Waals surface area contributed by atoms with E-state index >= 15 is 0 Å². The Morgan fingerprint density at radius 2 is 1.81 bits per heavy atom. The normalized spacial score (nSPS) is 28.4. The standard InChI is InChI=1S/C14H26N4O2.ClH/c19-14(12-16-7-9-20-10-8-16)18-4-1-13(11-18)17-5-2-15-3-6-17;/h13,15H,1-12H2;1H. The van der Waals surface area contributed by atoms with Crippen molar-refractivity contribution < 1.29 is 9.53 Å². The third-order valence-electron chi connectivity index (χ3n) is 4.65. The number of carbonyl (C=O) groups excluding carboxylic acids is 1. The Morgan fingerprint density at radius 3 is 2.52 bits per heavy atom. The Kier molecular flexibility index (Phi) is 6.70. The van der Waals surface area contributed by atoms with E-state index < -0.39 is 0 Å². The van der Waals surface area contributed by atoms with Crippen molar-refractivity contribution >= 4 is 18.3 Å². The smallest absolute Gasteiger partial charge is 0.236 e. The van der Waals surface area contributed by atoms with Crippen molar-refractivity contribution in [1.82, 2.24) is 20.0 Å². The summed E-state index contributed by atoms with van der Waals surface area (Å²) < 4.78 is 5.32. The van der Waals surface area contributed by atoms with E-state index in [1.54, 1.807) is 0 Å². The lowest BCUT2D eigenvalue weighted by Gasteiger charge is -2.33. The lowest BCUT2D eigenvalue weighted by Crippen LogP contribution is -2.50. The fourth-order valence-electron chi connectivity index (χ4n) is 3.36. The lowest BCUT2D eigenvalue weighted by molar-refractivity contribution is -0.132. The summed E-state index contributed by atoms with van der Waals surface area (Å²) in [5, 5.41) is 3.39. The number of amides is 1. The molecule has 0 aliphatic carbocycles. The maximum Gasteiger partial charge on any atom is 0.236 e. The highest BCUT2D eigenvalue weighted by atomic mass is 35.5. The molecule has 0 aromatic heterocycles. The van der Waals surface area contributed by atoms with Crippen molar-refractivity contribution in [2.75, 3.05) is 72.1 Å². The van der Waals surface area contributed by atoms with Crippen LogP contribution in [0.3, 0.4) is 0 Å². The molecule has 3 heterocycles. The number of morpholine rings is 1. The van der Waals surface area contributed by atoms with Crippen LogP contribution in [0.2, 0.25) is 0 Å². The number of hydrogen-bond acceptors (Lipinski definition) is 5. The van der Waals surface area contributed by atoms with Crippen LogP contribution >= 0.6 is 12.4 Å². The number of carbonyl (C=O) groups is 1. The zero-order valence-electron chi connectivity index (χ0n) is 12.6. The molecule has 3 saturated heterocycles. The molecular weight excluding hydrogens is 292 g/mol. The van der Waals surface area contributed by atoms with Gasteiger partial charge in [-0.1, -0.05) is 0 Å². The largest absolute Gasteiger partial charge is 0.379 e. The van der Waals surface area contributed by atoms with Gasteiger partial charge in [0.25, 0.3) is 0 Å². The number of likely N-dealkylation sites (tertiary alicyclic amines) is 1. The Bertz CT molecular complexity index is 333. The van der Waals surface area contributed by atoms with E-state index in [2.05, 4.69) is 20.0 Å². The highest BCUT2D eigenvalue weighted by Crippen LogP contribution is 2.16. The molecule has 122 valence electrons. The first-order chi connectivity index (χ1) is 9.83. The molecule has 21 heavy (non-hydrogen) atoms. The van der Waals surface area contributed by atoms with E-state index in [0.717, 1.165) is 72.0 Å². The molecule has 1 amide bonds. The van der Waals surface area contributed by atoms with Crippen molar-refractivity contribution in [2.45, 2.75) is 12.5 Å². The molecule has 3 aliphatic heterocycles. The van der Waals surface area contributed by atoms with Gasteiger partial charge >= 0.3 is 0 Å². The van der Waals surface area contributed by atoms with Gasteiger partial charge in [-0.05, 0) is 6.42 Å². The zero-order chi connectivity index (χ0) is 13.8. The molecule has 7 heteroatoms. The summed E-state index contributed by atoms with van der Waals surface area (Å²) in [5.74, 6) is 0.296. The summed E-state index contributed by atoms with van der Waals surface area (Å²) in [6, 6.07) is 0.575. The molecule has 3 aliphatic rings. The minimum atomic E-state index is 0. The molecule has 0 aromatic rings. The summed E-state index contributed by atoms with van der Waals surface area (Å²) in [4.78, 5) is 19.2. The van der Waals surface area contributed by atoms with Crippen molar-refractivity contribution in [3.8, 4) is 0 Å². The summed E-state index contributed by atoms with van der Waals surface area (Å²) in [5.41, 5.74) is 0. The Hall–Kier alpha value is -0.400. The van der Waals surface area contributed by atoms with Gasteiger partial charge in [0.05, 0.1) is 19.8 Å². The Labute approximate surface area is 133 Å². The van der Waals surface area contributed by atoms with Crippen molar-refractivity contribution in [3.63, 3.8) is 0 Å². The van der Waals surface area contributed by atoms with Crippen LogP contribution in [-0.2, 0) is 9.53 Å². The number of halogens is 1. The van der Waals surface area contributed by atoms with Gasteiger partial charge in [0, 0.05) is 58.4 Å². The van der Waals surface area contributed by atoms with Crippen LogP contribution < -0.4 is 5.32 Å². The van der Waals surface area contributed by atoms with Gasteiger partial charge in [0.2, 0.25) is 5.91 Å². The maximum absolute atomic E-state index is 12.4. The van der Waals surface area contributed by atoms with Crippen LogP contribution in [0.15, 0.2) is 0 Å². The van der Waals surface area contributed by atoms with Crippen LogP contribution in [0.4, 0.5) is 0 Å². The van der Waals surface area contributed by atoms with E-state index in [1.807, 2.05) is 0 Å².